The lowest BCUT2D eigenvalue weighted by molar-refractivity contribution is 0.234. The largest absolute Gasteiger partial charge is 0.508 e. The van der Waals surface area contributed by atoms with Crippen LogP contribution in [-0.2, 0) is 17.6 Å². The summed E-state index contributed by atoms with van der Waals surface area (Å²) in [6.07, 6.45) is 8.72. The van der Waals surface area contributed by atoms with Gasteiger partial charge in [-0.2, -0.15) is 5.10 Å². The van der Waals surface area contributed by atoms with Crippen LogP contribution in [0.5, 0.6) is 5.75 Å². The molecule has 2 aliphatic carbocycles. The van der Waals surface area contributed by atoms with E-state index in [9.17, 15) is 9.50 Å². The van der Waals surface area contributed by atoms with Crippen molar-refractivity contribution in [2.75, 3.05) is 0 Å². The van der Waals surface area contributed by atoms with E-state index in [4.69, 9.17) is 4.74 Å². The van der Waals surface area contributed by atoms with Gasteiger partial charge in [-0.3, -0.25) is 0 Å². The van der Waals surface area contributed by atoms with Crippen LogP contribution >= 0.6 is 0 Å². The highest BCUT2D eigenvalue weighted by Crippen LogP contribution is 2.67. The number of para-hydroxylation sites is 1. The van der Waals surface area contributed by atoms with Gasteiger partial charge in [0.1, 0.15) is 22.8 Å². The molecule has 2 fully saturated rings. The van der Waals surface area contributed by atoms with Crippen molar-refractivity contribution in [2.24, 2.45) is 0 Å². The van der Waals surface area contributed by atoms with Crippen LogP contribution in [0, 0.1) is 5.82 Å². The first kappa shape index (κ1) is 17.0. The minimum absolute atomic E-state index is 0.128. The highest BCUT2D eigenvalue weighted by molar-refractivity contribution is 5.66. The second kappa shape index (κ2) is 5.80. The average molecular weight is 388 g/mol. The summed E-state index contributed by atoms with van der Waals surface area (Å²) in [5.41, 5.74) is 5.09. The third-order valence-corrected chi connectivity index (χ3v) is 6.88. The first-order chi connectivity index (χ1) is 14.1. The fourth-order valence-electron chi connectivity index (χ4n) is 5.30. The summed E-state index contributed by atoms with van der Waals surface area (Å²) in [4.78, 5) is 0. The number of ether oxygens (including phenoxy) is 1. The Morgan fingerprint density at radius 1 is 1.14 bits per heavy atom. The fourth-order valence-corrected chi connectivity index (χ4v) is 5.30. The lowest BCUT2D eigenvalue weighted by atomic mass is 9.81. The maximum absolute atomic E-state index is 13.3. The summed E-state index contributed by atoms with van der Waals surface area (Å²) in [6, 6.07) is 14.0. The normalized spacial score (nSPS) is 26.4. The van der Waals surface area contributed by atoms with Crippen LogP contribution < -0.4 is 0 Å². The predicted molar refractivity (Wildman–Crippen MR) is 107 cm³/mol. The summed E-state index contributed by atoms with van der Waals surface area (Å²) in [5.74, 6) is 0.113. The molecule has 4 nitrogen and oxygen atoms in total. The lowest BCUT2D eigenvalue weighted by Gasteiger charge is -2.20. The number of hydrogen-bond acceptors (Lipinski definition) is 3. The standard InChI is InChI=1S/C24H21FN2O2/c25-19-5-7-20(8-6-19)27-21-13-18-10-12-23(11-9-16-3-1-2-4-22(16)28)24(18,29-23)14-17(21)15-26-27/h1-8,13,15,28H,9-12,14H2/t23-,24?/m0/s1. The molecule has 0 radical (unpaired) electrons. The van der Waals surface area contributed by atoms with Crippen molar-refractivity contribution < 1.29 is 14.2 Å². The summed E-state index contributed by atoms with van der Waals surface area (Å²) in [6.45, 7) is 0. The van der Waals surface area contributed by atoms with E-state index in [2.05, 4.69) is 11.2 Å². The Morgan fingerprint density at radius 3 is 2.79 bits per heavy atom. The molecule has 5 heteroatoms. The van der Waals surface area contributed by atoms with E-state index in [0.29, 0.717) is 5.75 Å². The van der Waals surface area contributed by atoms with Gasteiger partial charge in [-0.25, -0.2) is 9.07 Å². The summed E-state index contributed by atoms with van der Waals surface area (Å²) in [7, 11) is 0. The minimum Gasteiger partial charge on any atom is -0.508 e. The molecule has 1 aliphatic heterocycles. The molecule has 29 heavy (non-hydrogen) atoms. The number of phenols is 1. The molecule has 1 N–H and O–H groups in total. The molecular weight excluding hydrogens is 367 g/mol. The van der Waals surface area contributed by atoms with E-state index in [1.807, 2.05) is 29.1 Å². The number of fused-ring (bicyclic) bond motifs is 1. The molecule has 1 saturated heterocycles. The Kier molecular flexibility index (Phi) is 3.40. The number of nitrogens with zero attached hydrogens (tertiary/aromatic N) is 2. The van der Waals surface area contributed by atoms with Crippen molar-refractivity contribution in [3.05, 3.63) is 82.9 Å². The van der Waals surface area contributed by atoms with Crippen molar-refractivity contribution >= 4 is 6.08 Å². The molecule has 2 atom stereocenters. The van der Waals surface area contributed by atoms with Crippen molar-refractivity contribution in [3.8, 4) is 11.4 Å². The van der Waals surface area contributed by atoms with E-state index in [-0.39, 0.29) is 17.0 Å². The van der Waals surface area contributed by atoms with Crippen molar-refractivity contribution in [1.82, 2.24) is 9.78 Å². The zero-order valence-electron chi connectivity index (χ0n) is 15.9. The predicted octanol–water partition coefficient (Wildman–Crippen LogP) is 4.59. The van der Waals surface area contributed by atoms with Crippen molar-refractivity contribution in [1.29, 1.82) is 0 Å². The first-order valence-electron chi connectivity index (χ1n) is 10.1. The van der Waals surface area contributed by atoms with Gasteiger partial charge in [0.2, 0.25) is 0 Å². The third kappa shape index (κ3) is 2.37. The number of rotatable bonds is 4. The number of epoxide rings is 1. The van der Waals surface area contributed by atoms with Gasteiger partial charge >= 0.3 is 0 Å². The van der Waals surface area contributed by atoms with Crippen LogP contribution in [0.25, 0.3) is 11.8 Å². The number of benzene rings is 2. The molecule has 0 amide bonds. The highest BCUT2D eigenvalue weighted by atomic mass is 19.1. The molecule has 1 spiro atoms. The number of aromatic hydroxyl groups is 1. The number of hydrogen-bond donors (Lipinski definition) is 1. The fraction of sp³-hybridized carbons (Fsp3) is 0.292. The molecule has 1 unspecified atom stereocenters. The van der Waals surface area contributed by atoms with E-state index >= 15 is 0 Å². The molecule has 2 aromatic carbocycles. The Balaban J connectivity index is 1.29. The van der Waals surface area contributed by atoms with Gasteiger partial charge in [-0.1, -0.05) is 18.2 Å². The molecular formula is C24H21FN2O2. The van der Waals surface area contributed by atoms with Crippen LogP contribution in [0.15, 0.2) is 60.3 Å². The number of aryl methyl sites for hydroxylation is 1. The molecule has 0 bridgehead atoms. The van der Waals surface area contributed by atoms with Crippen LogP contribution in [-0.4, -0.2) is 26.1 Å². The third-order valence-electron chi connectivity index (χ3n) is 6.88. The van der Waals surface area contributed by atoms with Crippen LogP contribution in [0.2, 0.25) is 0 Å². The molecule has 3 aliphatic rings. The van der Waals surface area contributed by atoms with Gasteiger partial charge < -0.3 is 9.84 Å². The van der Waals surface area contributed by atoms with Crippen LogP contribution in [0.1, 0.15) is 36.1 Å². The van der Waals surface area contributed by atoms with Gasteiger partial charge in [0.15, 0.2) is 0 Å². The average Bonchev–Trinajstić information content (AvgIpc) is 3.01. The van der Waals surface area contributed by atoms with E-state index < -0.39 is 0 Å². The smallest absolute Gasteiger partial charge is 0.123 e. The van der Waals surface area contributed by atoms with Gasteiger partial charge in [0, 0.05) is 12.0 Å². The lowest BCUT2D eigenvalue weighted by Crippen LogP contribution is -2.27. The van der Waals surface area contributed by atoms with Crippen molar-refractivity contribution in [2.45, 2.75) is 43.3 Å². The topological polar surface area (TPSA) is 50.6 Å². The Labute approximate surface area is 168 Å². The zero-order chi connectivity index (χ0) is 19.6. The summed E-state index contributed by atoms with van der Waals surface area (Å²) < 4.78 is 21.6. The number of aromatic nitrogens is 2. The zero-order valence-corrected chi connectivity index (χ0v) is 15.9. The Bertz CT molecular complexity index is 1150. The second-order valence-electron chi connectivity index (χ2n) is 8.34. The molecule has 3 aromatic rings. The summed E-state index contributed by atoms with van der Waals surface area (Å²) >= 11 is 0. The molecule has 1 aromatic heterocycles. The second-order valence-corrected chi connectivity index (χ2v) is 8.34. The van der Waals surface area contributed by atoms with Gasteiger partial charge in [0.05, 0.1) is 17.6 Å². The minimum atomic E-state index is -0.247. The monoisotopic (exact) mass is 388 g/mol. The van der Waals surface area contributed by atoms with Crippen LogP contribution in [0.3, 0.4) is 0 Å². The SMILES string of the molecule is Oc1ccccc1CC[C@]12CCC3=Cc4c(cnn4-c4ccc(F)cc4)CC31O2. The van der Waals surface area contributed by atoms with Gasteiger partial charge in [-0.15, -0.1) is 0 Å². The molecule has 6 rings (SSSR count). The molecule has 146 valence electrons. The molecule has 2 heterocycles. The Hall–Kier alpha value is -2.92. The maximum atomic E-state index is 13.3. The Morgan fingerprint density at radius 2 is 1.97 bits per heavy atom. The first-order valence-corrected chi connectivity index (χ1v) is 10.1. The van der Waals surface area contributed by atoms with Crippen LogP contribution in [0.4, 0.5) is 4.39 Å². The molecule has 1 saturated carbocycles. The van der Waals surface area contributed by atoms with Gasteiger partial charge in [0.25, 0.3) is 0 Å². The maximum Gasteiger partial charge on any atom is 0.123 e. The quantitative estimate of drug-likeness (QED) is 0.665. The van der Waals surface area contributed by atoms with Crippen molar-refractivity contribution in [3.63, 3.8) is 0 Å². The number of halogens is 1. The summed E-state index contributed by atoms with van der Waals surface area (Å²) in [5, 5.41) is 14.6. The van der Waals surface area contributed by atoms with E-state index in [0.717, 1.165) is 49.0 Å². The van der Waals surface area contributed by atoms with E-state index in [1.54, 1.807) is 18.2 Å². The van der Waals surface area contributed by atoms with Gasteiger partial charge in [-0.05, 0) is 73.2 Å². The highest BCUT2D eigenvalue weighted by Gasteiger charge is 2.74. The number of phenolic OH excluding ortho intramolecular Hbond substituents is 1. The van der Waals surface area contributed by atoms with E-state index in [1.165, 1.54) is 23.3 Å².